The molecule has 1 fully saturated rings. The molecule has 0 radical (unpaired) electrons. The maximum Gasteiger partial charge on any atom is 0.407 e. The number of halogens is 3. The second-order valence-corrected chi connectivity index (χ2v) is 13.3. The van der Waals surface area contributed by atoms with Crippen LogP contribution in [0.4, 0.5) is 26.5 Å². The topological polar surface area (TPSA) is 154 Å². The average molecular weight is 716 g/mol. The molecule has 2 aliphatic heterocycles. The molecule has 3 amide bonds. The van der Waals surface area contributed by atoms with Crippen LogP contribution in [0.15, 0.2) is 54.1 Å². The van der Waals surface area contributed by atoms with E-state index in [9.17, 15) is 19.5 Å². The van der Waals surface area contributed by atoms with Crippen molar-refractivity contribution in [2.24, 2.45) is 0 Å². The molecule has 0 bridgehead atoms. The second-order valence-electron chi connectivity index (χ2n) is 12.4. The Kier molecular flexibility index (Phi) is 11.3. The number of carbonyl (C=O) groups excluding carboxylic acids is 3. The normalized spacial score (nSPS) is 16.4. The fraction of sp³-hybridized carbons (Fsp3) is 0.353. The highest BCUT2D eigenvalue weighted by molar-refractivity contribution is 6.34. The smallest absolute Gasteiger partial charge is 0.407 e. The number of aliphatic hydroxyl groups is 1. The van der Waals surface area contributed by atoms with Gasteiger partial charge >= 0.3 is 6.09 Å². The van der Waals surface area contributed by atoms with Gasteiger partial charge in [-0.1, -0.05) is 35.3 Å². The number of alkyl carbamates (subject to hydrolysis) is 1. The van der Waals surface area contributed by atoms with Crippen LogP contribution < -0.4 is 26.2 Å². The van der Waals surface area contributed by atoms with Crippen molar-refractivity contribution in [3.8, 4) is 0 Å². The molecule has 5 rings (SSSR count). The molecule has 0 aliphatic carbocycles. The molecule has 3 aromatic rings. The number of amides is 3. The standard InChI is InChI=1S/C34H37Cl2FN6O6/c1-34(2,3)49-33(47)38-10-9-26(19-5-4-6-21(35)15-19)39-30(44)22-17-27(24(36)18-25(22)37)40-31(45)23-16-20-7-8-28(41-29(20)42-32(23)46)43-11-13-48-14-12-43/h4-8,15-18,26,32,46H,9-14H2,1-3H3,(H,38,47)(H,39,44)(H,40,45)(H,41,42). The van der Waals surface area contributed by atoms with Gasteiger partial charge in [-0.25, -0.2) is 14.2 Å². The van der Waals surface area contributed by atoms with Crippen LogP contribution in [0.5, 0.6) is 0 Å². The zero-order valence-corrected chi connectivity index (χ0v) is 28.6. The van der Waals surface area contributed by atoms with Gasteiger partial charge in [-0.05, 0) is 75.2 Å². The molecule has 0 spiro atoms. The highest BCUT2D eigenvalue weighted by atomic mass is 35.5. The minimum atomic E-state index is -1.41. The van der Waals surface area contributed by atoms with E-state index in [0.29, 0.717) is 54.1 Å². The third-order valence-electron chi connectivity index (χ3n) is 7.60. The van der Waals surface area contributed by atoms with E-state index in [1.54, 1.807) is 51.1 Å². The summed E-state index contributed by atoms with van der Waals surface area (Å²) in [6.45, 7) is 7.88. The number of nitrogens with one attached hydrogen (secondary N) is 4. The zero-order chi connectivity index (χ0) is 35.3. The Morgan fingerprint density at radius 1 is 1.12 bits per heavy atom. The number of morpholine rings is 1. The number of anilines is 3. The first-order valence-electron chi connectivity index (χ1n) is 15.6. The SMILES string of the molecule is CC(C)(C)OC(=O)NCCC(NC(=O)c1cc(NC(=O)C2=Cc3ccc(N4CCOCC4)nc3NC2O)c(Cl)cc1F)c1cccc(Cl)c1. The monoisotopic (exact) mass is 714 g/mol. The lowest BCUT2D eigenvalue weighted by Gasteiger charge is -2.29. The lowest BCUT2D eigenvalue weighted by atomic mass is 10.0. The molecule has 3 heterocycles. The quantitative estimate of drug-likeness (QED) is 0.193. The van der Waals surface area contributed by atoms with Gasteiger partial charge in [-0.15, -0.1) is 0 Å². The summed E-state index contributed by atoms with van der Waals surface area (Å²) in [6.07, 6.45) is -0.324. The predicted octanol–water partition coefficient (Wildman–Crippen LogP) is 5.52. The number of fused-ring (bicyclic) bond motifs is 1. The highest BCUT2D eigenvalue weighted by Gasteiger charge is 2.28. The number of ether oxygens (including phenoxy) is 2. The van der Waals surface area contributed by atoms with Gasteiger partial charge in [0.15, 0.2) is 6.23 Å². The molecule has 0 saturated carbocycles. The zero-order valence-electron chi connectivity index (χ0n) is 27.1. The molecular weight excluding hydrogens is 678 g/mol. The number of nitrogens with zero attached hydrogens (tertiary/aromatic N) is 2. The Hall–Kier alpha value is -4.43. The Morgan fingerprint density at radius 3 is 2.59 bits per heavy atom. The highest BCUT2D eigenvalue weighted by Crippen LogP contribution is 2.31. The number of hydrogen-bond acceptors (Lipinski definition) is 9. The van der Waals surface area contributed by atoms with E-state index in [1.807, 2.05) is 6.07 Å². The molecule has 49 heavy (non-hydrogen) atoms. The average Bonchev–Trinajstić information content (AvgIpc) is 3.04. The van der Waals surface area contributed by atoms with Crippen molar-refractivity contribution in [1.29, 1.82) is 0 Å². The number of pyridine rings is 1. The third-order valence-corrected chi connectivity index (χ3v) is 8.14. The number of hydrogen-bond donors (Lipinski definition) is 5. The molecule has 2 aromatic carbocycles. The van der Waals surface area contributed by atoms with E-state index < -0.39 is 47.2 Å². The first kappa shape index (κ1) is 35.9. The number of aliphatic hydroxyl groups excluding tert-OH is 1. The van der Waals surface area contributed by atoms with E-state index in [0.717, 1.165) is 12.1 Å². The lowest BCUT2D eigenvalue weighted by molar-refractivity contribution is -0.113. The van der Waals surface area contributed by atoms with Crippen LogP contribution in [0.3, 0.4) is 0 Å². The summed E-state index contributed by atoms with van der Waals surface area (Å²) in [5, 5.41) is 21.9. The van der Waals surface area contributed by atoms with Crippen molar-refractivity contribution in [3.05, 3.63) is 86.7 Å². The molecule has 1 saturated heterocycles. The van der Waals surface area contributed by atoms with Gasteiger partial charge in [-0.3, -0.25) is 9.59 Å². The van der Waals surface area contributed by atoms with Crippen LogP contribution in [-0.2, 0) is 14.3 Å². The predicted molar refractivity (Wildman–Crippen MR) is 185 cm³/mol. The molecule has 15 heteroatoms. The summed E-state index contributed by atoms with van der Waals surface area (Å²) in [5.41, 5.74) is 0.00894. The fourth-order valence-corrected chi connectivity index (χ4v) is 5.63. The van der Waals surface area contributed by atoms with Crippen molar-refractivity contribution in [2.45, 2.75) is 45.1 Å². The number of aromatic nitrogens is 1. The van der Waals surface area contributed by atoms with Crippen LogP contribution >= 0.6 is 23.2 Å². The molecule has 2 aliphatic rings. The second kappa shape index (κ2) is 15.4. The van der Waals surface area contributed by atoms with Crippen molar-refractivity contribution >= 4 is 64.5 Å². The minimum Gasteiger partial charge on any atom is -0.444 e. The van der Waals surface area contributed by atoms with Gasteiger partial charge in [-0.2, -0.15) is 0 Å². The van der Waals surface area contributed by atoms with Crippen molar-refractivity contribution in [2.75, 3.05) is 48.4 Å². The van der Waals surface area contributed by atoms with Crippen LogP contribution in [0, 0.1) is 5.82 Å². The van der Waals surface area contributed by atoms with Gasteiger partial charge < -0.3 is 40.7 Å². The Morgan fingerprint density at radius 2 is 1.88 bits per heavy atom. The maximum atomic E-state index is 15.2. The molecule has 1 aromatic heterocycles. The van der Waals surface area contributed by atoms with Gasteiger partial charge in [0.1, 0.15) is 23.1 Å². The lowest BCUT2D eigenvalue weighted by Crippen LogP contribution is -2.37. The molecular formula is C34H37Cl2FN6O6. The van der Waals surface area contributed by atoms with E-state index in [2.05, 4.69) is 31.2 Å². The van der Waals surface area contributed by atoms with Gasteiger partial charge in [0, 0.05) is 30.2 Å². The fourth-order valence-electron chi connectivity index (χ4n) is 5.23. The maximum absolute atomic E-state index is 15.2. The Balaban J connectivity index is 1.31. The van der Waals surface area contributed by atoms with E-state index in [1.165, 1.54) is 6.08 Å². The summed E-state index contributed by atoms with van der Waals surface area (Å²) >= 11 is 12.5. The first-order valence-corrected chi connectivity index (χ1v) is 16.4. The van der Waals surface area contributed by atoms with Gasteiger partial charge in [0.05, 0.1) is 41.1 Å². The van der Waals surface area contributed by atoms with Crippen molar-refractivity contribution in [1.82, 2.24) is 15.6 Å². The number of carbonyl (C=O) groups is 3. The molecule has 2 atom stereocenters. The molecule has 2 unspecified atom stereocenters. The Bertz CT molecular complexity index is 1760. The summed E-state index contributed by atoms with van der Waals surface area (Å²) in [5.74, 6) is -1.34. The molecule has 12 nitrogen and oxygen atoms in total. The minimum absolute atomic E-state index is 0.0432. The van der Waals surface area contributed by atoms with Crippen LogP contribution in [0.1, 0.15) is 54.7 Å². The summed E-state index contributed by atoms with van der Waals surface area (Å²) in [4.78, 5) is 45.6. The molecule has 260 valence electrons. The van der Waals surface area contributed by atoms with Crippen LogP contribution in [0.2, 0.25) is 10.0 Å². The first-order chi connectivity index (χ1) is 23.3. The summed E-state index contributed by atoms with van der Waals surface area (Å²) < 4.78 is 25.8. The Labute approximate surface area is 293 Å². The van der Waals surface area contributed by atoms with Crippen molar-refractivity contribution < 1.29 is 33.4 Å². The number of benzene rings is 2. The summed E-state index contributed by atoms with van der Waals surface area (Å²) in [6, 6.07) is 11.7. The van der Waals surface area contributed by atoms with Crippen molar-refractivity contribution in [3.63, 3.8) is 0 Å². The van der Waals surface area contributed by atoms with Gasteiger partial charge in [0.2, 0.25) is 0 Å². The van der Waals surface area contributed by atoms with Gasteiger partial charge in [0.25, 0.3) is 11.8 Å². The van der Waals surface area contributed by atoms with Crippen LogP contribution in [0.25, 0.3) is 6.08 Å². The summed E-state index contributed by atoms with van der Waals surface area (Å²) in [7, 11) is 0. The molecule has 5 N–H and O–H groups in total. The third kappa shape index (κ3) is 9.38. The largest absolute Gasteiger partial charge is 0.444 e. The van der Waals surface area contributed by atoms with E-state index >= 15 is 4.39 Å². The van der Waals surface area contributed by atoms with Crippen LogP contribution in [-0.4, -0.2) is 72.7 Å². The number of rotatable bonds is 9. The van der Waals surface area contributed by atoms with E-state index in [4.69, 9.17) is 32.7 Å². The van der Waals surface area contributed by atoms with E-state index in [-0.39, 0.29) is 29.2 Å².